The van der Waals surface area contributed by atoms with Gasteiger partial charge in [0.15, 0.2) is 18.1 Å². The second-order valence-electron chi connectivity index (χ2n) is 6.22. The summed E-state index contributed by atoms with van der Waals surface area (Å²) in [6.07, 6.45) is 2.58. The molecule has 0 saturated heterocycles. The van der Waals surface area contributed by atoms with Crippen molar-refractivity contribution < 1.29 is 28.2 Å². The third kappa shape index (κ3) is 5.33. The quantitative estimate of drug-likeness (QED) is 0.565. The predicted molar refractivity (Wildman–Crippen MR) is 100 cm³/mol. The molecule has 7 heteroatoms. The van der Waals surface area contributed by atoms with Crippen LogP contribution in [0.15, 0.2) is 48.5 Å². The number of nitrogens with zero attached hydrogens (tertiary/aromatic N) is 1. The number of esters is 1. The van der Waals surface area contributed by atoms with Gasteiger partial charge in [0.25, 0.3) is 5.91 Å². The molecule has 0 aromatic heterocycles. The number of ether oxygens (including phenoxy) is 3. The van der Waals surface area contributed by atoms with E-state index in [9.17, 15) is 14.0 Å². The first kappa shape index (κ1) is 19.4. The lowest BCUT2D eigenvalue weighted by Crippen LogP contribution is -2.30. The Hall–Kier alpha value is -3.35. The second-order valence-corrected chi connectivity index (χ2v) is 6.22. The lowest BCUT2D eigenvalue weighted by Gasteiger charge is -2.21. The Morgan fingerprint density at radius 1 is 1.14 bits per heavy atom. The normalized spacial score (nSPS) is 12.6. The van der Waals surface area contributed by atoms with E-state index in [1.807, 2.05) is 12.1 Å². The van der Waals surface area contributed by atoms with Crippen LogP contribution in [-0.4, -0.2) is 43.6 Å². The van der Waals surface area contributed by atoms with E-state index in [1.54, 1.807) is 19.2 Å². The van der Waals surface area contributed by atoms with Crippen LogP contribution in [0.5, 0.6) is 11.5 Å². The molecule has 0 saturated carbocycles. The van der Waals surface area contributed by atoms with Crippen LogP contribution < -0.4 is 9.47 Å². The summed E-state index contributed by atoms with van der Waals surface area (Å²) in [4.78, 5) is 25.4. The zero-order valence-electron chi connectivity index (χ0n) is 15.4. The average Bonchev–Trinajstić information content (AvgIpc) is 2.70. The standard InChI is InChI=1S/C21H20FNO5/c1-23(13-16-5-7-18-19(12-16)27-10-9-26-18)20(24)14-28-21(25)8-6-15-3-2-4-17(22)11-15/h2-8,11-12H,9-10,13-14H2,1H3/b8-6+. The molecule has 0 spiro atoms. The fraction of sp³-hybridized carbons (Fsp3) is 0.238. The summed E-state index contributed by atoms with van der Waals surface area (Å²) in [6, 6.07) is 11.3. The number of likely N-dealkylation sites (N-methyl/N-ethyl adjacent to an activating group) is 1. The fourth-order valence-corrected chi connectivity index (χ4v) is 2.61. The maximum absolute atomic E-state index is 13.1. The molecule has 0 radical (unpaired) electrons. The number of halogens is 1. The maximum atomic E-state index is 13.1. The van der Waals surface area contributed by atoms with E-state index >= 15 is 0 Å². The van der Waals surface area contributed by atoms with Crippen molar-refractivity contribution in [1.29, 1.82) is 0 Å². The van der Waals surface area contributed by atoms with Gasteiger partial charge in [-0.3, -0.25) is 4.79 Å². The van der Waals surface area contributed by atoms with E-state index in [0.29, 0.717) is 36.8 Å². The summed E-state index contributed by atoms with van der Waals surface area (Å²) in [6.45, 7) is 0.966. The van der Waals surface area contributed by atoms with Crippen molar-refractivity contribution in [2.24, 2.45) is 0 Å². The molecular weight excluding hydrogens is 365 g/mol. The van der Waals surface area contributed by atoms with E-state index in [4.69, 9.17) is 14.2 Å². The number of hydrogen-bond donors (Lipinski definition) is 0. The minimum atomic E-state index is -0.676. The molecule has 1 aliphatic heterocycles. The highest BCUT2D eigenvalue weighted by atomic mass is 19.1. The average molecular weight is 385 g/mol. The largest absolute Gasteiger partial charge is 0.486 e. The summed E-state index contributed by atoms with van der Waals surface area (Å²) >= 11 is 0. The lowest BCUT2D eigenvalue weighted by atomic mass is 10.2. The SMILES string of the molecule is CN(Cc1ccc2c(c1)OCCO2)C(=O)COC(=O)/C=C/c1cccc(F)c1. The van der Waals surface area contributed by atoms with Crippen LogP contribution >= 0.6 is 0 Å². The molecule has 0 N–H and O–H groups in total. The van der Waals surface area contributed by atoms with Crippen LogP contribution in [0.3, 0.4) is 0 Å². The molecule has 0 fully saturated rings. The Labute approximate surface area is 162 Å². The molecule has 146 valence electrons. The van der Waals surface area contributed by atoms with Crippen LogP contribution in [-0.2, 0) is 20.9 Å². The van der Waals surface area contributed by atoms with Crippen molar-refractivity contribution in [2.75, 3.05) is 26.9 Å². The zero-order chi connectivity index (χ0) is 19.9. The van der Waals surface area contributed by atoms with Gasteiger partial charge in [-0.1, -0.05) is 18.2 Å². The summed E-state index contributed by atoms with van der Waals surface area (Å²) in [5.74, 6) is -0.0827. The third-order valence-corrected chi connectivity index (χ3v) is 4.05. The summed E-state index contributed by atoms with van der Waals surface area (Å²) < 4.78 is 29.0. The van der Waals surface area contributed by atoms with Crippen LogP contribution in [0.1, 0.15) is 11.1 Å². The Morgan fingerprint density at radius 2 is 1.93 bits per heavy atom. The van der Waals surface area contributed by atoms with E-state index in [1.165, 1.54) is 29.2 Å². The van der Waals surface area contributed by atoms with E-state index < -0.39 is 11.8 Å². The molecule has 1 heterocycles. The number of benzene rings is 2. The number of carbonyl (C=O) groups excluding carboxylic acids is 2. The summed E-state index contributed by atoms with van der Waals surface area (Å²) in [5.41, 5.74) is 1.40. The Balaban J connectivity index is 1.48. The molecule has 0 unspecified atom stereocenters. The zero-order valence-corrected chi connectivity index (χ0v) is 15.4. The van der Waals surface area contributed by atoms with Gasteiger partial charge in [0.2, 0.25) is 0 Å². The Kier molecular flexibility index (Phi) is 6.26. The Bertz CT molecular complexity index is 896. The Morgan fingerprint density at radius 3 is 2.71 bits per heavy atom. The van der Waals surface area contributed by atoms with Crippen molar-refractivity contribution >= 4 is 18.0 Å². The first-order valence-corrected chi connectivity index (χ1v) is 8.74. The number of fused-ring (bicyclic) bond motifs is 1. The van der Waals surface area contributed by atoms with Gasteiger partial charge in [0.05, 0.1) is 0 Å². The van der Waals surface area contributed by atoms with Crippen LogP contribution in [0.25, 0.3) is 6.08 Å². The number of rotatable bonds is 6. The number of amides is 1. The van der Waals surface area contributed by atoms with Crippen molar-refractivity contribution in [2.45, 2.75) is 6.54 Å². The van der Waals surface area contributed by atoms with E-state index in [2.05, 4.69) is 0 Å². The van der Waals surface area contributed by atoms with Gasteiger partial charge in [-0.25, -0.2) is 9.18 Å². The lowest BCUT2D eigenvalue weighted by molar-refractivity contribution is -0.147. The van der Waals surface area contributed by atoms with Gasteiger partial charge in [-0.05, 0) is 41.5 Å². The molecule has 28 heavy (non-hydrogen) atoms. The van der Waals surface area contributed by atoms with Crippen molar-refractivity contribution in [1.82, 2.24) is 4.90 Å². The second kappa shape index (κ2) is 9.03. The first-order chi connectivity index (χ1) is 13.5. The maximum Gasteiger partial charge on any atom is 0.331 e. The highest BCUT2D eigenvalue weighted by Gasteiger charge is 2.15. The minimum absolute atomic E-state index is 0.339. The molecule has 0 bridgehead atoms. The van der Waals surface area contributed by atoms with Crippen LogP contribution in [0, 0.1) is 5.82 Å². The third-order valence-electron chi connectivity index (χ3n) is 4.05. The number of hydrogen-bond acceptors (Lipinski definition) is 5. The van der Waals surface area contributed by atoms with Crippen molar-refractivity contribution in [3.8, 4) is 11.5 Å². The highest BCUT2D eigenvalue weighted by molar-refractivity contribution is 5.89. The molecule has 2 aromatic rings. The molecule has 1 amide bonds. The predicted octanol–water partition coefficient (Wildman–Crippen LogP) is 2.81. The summed E-state index contributed by atoms with van der Waals surface area (Å²) in [7, 11) is 1.62. The first-order valence-electron chi connectivity index (χ1n) is 8.74. The van der Waals surface area contributed by atoms with Gasteiger partial charge in [0.1, 0.15) is 19.0 Å². The smallest absolute Gasteiger partial charge is 0.331 e. The van der Waals surface area contributed by atoms with Crippen LogP contribution in [0.2, 0.25) is 0 Å². The summed E-state index contributed by atoms with van der Waals surface area (Å²) in [5, 5.41) is 0. The molecule has 1 aliphatic rings. The van der Waals surface area contributed by atoms with Crippen molar-refractivity contribution in [3.63, 3.8) is 0 Å². The molecule has 6 nitrogen and oxygen atoms in total. The number of carbonyl (C=O) groups is 2. The van der Waals surface area contributed by atoms with Crippen molar-refractivity contribution in [3.05, 3.63) is 65.5 Å². The van der Waals surface area contributed by atoms with Gasteiger partial charge in [-0.2, -0.15) is 0 Å². The van der Waals surface area contributed by atoms with E-state index in [-0.39, 0.29) is 12.5 Å². The molecule has 0 aliphatic carbocycles. The minimum Gasteiger partial charge on any atom is -0.486 e. The van der Waals surface area contributed by atoms with Gasteiger partial charge in [-0.15, -0.1) is 0 Å². The topological polar surface area (TPSA) is 65.1 Å². The van der Waals surface area contributed by atoms with Gasteiger partial charge < -0.3 is 19.1 Å². The molecule has 2 aromatic carbocycles. The van der Waals surface area contributed by atoms with Gasteiger partial charge in [0, 0.05) is 19.7 Å². The van der Waals surface area contributed by atoms with Crippen LogP contribution in [0.4, 0.5) is 4.39 Å². The fourth-order valence-electron chi connectivity index (χ4n) is 2.61. The van der Waals surface area contributed by atoms with E-state index in [0.717, 1.165) is 11.6 Å². The molecule has 0 atom stereocenters. The molecular formula is C21H20FNO5. The highest BCUT2D eigenvalue weighted by Crippen LogP contribution is 2.31. The van der Waals surface area contributed by atoms with Gasteiger partial charge >= 0.3 is 5.97 Å². The molecule has 3 rings (SSSR count). The monoisotopic (exact) mass is 385 g/mol.